The van der Waals surface area contributed by atoms with E-state index < -0.39 is 40.9 Å². The van der Waals surface area contributed by atoms with Crippen LogP contribution in [0.3, 0.4) is 0 Å². The normalized spacial score (nSPS) is 15.6. The smallest absolute Gasteiger partial charge is 0.355 e. The van der Waals surface area contributed by atoms with E-state index in [-0.39, 0.29) is 28.2 Å². The zero-order valence-corrected chi connectivity index (χ0v) is 18.5. The van der Waals surface area contributed by atoms with Gasteiger partial charge in [0.05, 0.1) is 43.0 Å². The minimum absolute atomic E-state index is 0.167. The SMILES string of the molecule is COC(=O)C1=C(C(=O)OC)N(c2c(C)ccc(F)c2C(=O)O)C(N)=C(C#N)C1c1ccccc1. The predicted octanol–water partition coefficient (Wildman–Crippen LogP) is 2.73. The minimum atomic E-state index is -1.64. The first-order chi connectivity index (χ1) is 16.2. The number of esters is 2. The molecule has 0 amide bonds. The van der Waals surface area contributed by atoms with Gasteiger partial charge in [0.15, 0.2) is 0 Å². The Morgan fingerprint density at radius 2 is 1.71 bits per heavy atom. The second kappa shape index (κ2) is 9.46. The van der Waals surface area contributed by atoms with Crippen LogP contribution in [0.15, 0.2) is 65.1 Å². The third kappa shape index (κ3) is 3.84. The van der Waals surface area contributed by atoms with Crippen molar-refractivity contribution >= 4 is 23.6 Å². The van der Waals surface area contributed by atoms with Gasteiger partial charge in [-0.1, -0.05) is 36.4 Å². The number of anilines is 1. The number of benzene rings is 2. The fraction of sp³-hybridized carbons (Fsp3) is 0.167. The Morgan fingerprint density at radius 1 is 1.09 bits per heavy atom. The van der Waals surface area contributed by atoms with Crippen LogP contribution in [0, 0.1) is 24.1 Å². The van der Waals surface area contributed by atoms with Crippen molar-refractivity contribution in [2.45, 2.75) is 12.8 Å². The van der Waals surface area contributed by atoms with Gasteiger partial charge in [-0.05, 0) is 24.1 Å². The molecule has 0 aromatic heterocycles. The largest absolute Gasteiger partial charge is 0.478 e. The number of nitriles is 1. The van der Waals surface area contributed by atoms with Crippen molar-refractivity contribution in [3.63, 3.8) is 0 Å². The third-order valence-corrected chi connectivity index (χ3v) is 5.38. The summed E-state index contributed by atoms with van der Waals surface area (Å²) >= 11 is 0. The molecule has 10 heteroatoms. The van der Waals surface area contributed by atoms with Crippen molar-refractivity contribution in [3.8, 4) is 6.07 Å². The number of nitrogens with zero attached hydrogens (tertiary/aromatic N) is 2. The van der Waals surface area contributed by atoms with E-state index in [0.717, 1.165) is 25.2 Å². The average Bonchev–Trinajstić information content (AvgIpc) is 2.83. The molecule has 34 heavy (non-hydrogen) atoms. The van der Waals surface area contributed by atoms with Gasteiger partial charge >= 0.3 is 17.9 Å². The summed E-state index contributed by atoms with van der Waals surface area (Å²) in [6.45, 7) is 1.47. The zero-order chi connectivity index (χ0) is 25.2. The Bertz CT molecular complexity index is 1290. The lowest BCUT2D eigenvalue weighted by molar-refractivity contribution is -0.139. The number of carbonyl (C=O) groups excluding carboxylic acids is 2. The van der Waals surface area contributed by atoms with Crippen LogP contribution in [-0.2, 0) is 19.1 Å². The monoisotopic (exact) mass is 465 g/mol. The molecule has 0 aliphatic carbocycles. The highest BCUT2D eigenvalue weighted by Gasteiger charge is 2.44. The third-order valence-electron chi connectivity index (χ3n) is 5.38. The lowest BCUT2D eigenvalue weighted by Crippen LogP contribution is -2.41. The lowest BCUT2D eigenvalue weighted by atomic mass is 9.80. The standard InChI is InChI=1S/C24H20FN3O6/c1-12-9-10-15(25)17(22(29)30)19(12)28-20(24(32)34-3)18(23(31)33-2)16(14(11-26)21(28)27)13-7-5-4-6-8-13/h4-10,16H,27H2,1-3H3,(H,29,30). The molecule has 3 rings (SSSR count). The summed E-state index contributed by atoms with van der Waals surface area (Å²) in [7, 11) is 2.14. The van der Waals surface area contributed by atoms with Gasteiger partial charge in [0.25, 0.3) is 0 Å². The zero-order valence-electron chi connectivity index (χ0n) is 18.5. The molecule has 1 unspecified atom stereocenters. The van der Waals surface area contributed by atoms with Gasteiger partial charge in [-0.15, -0.1) is 0 Å². The van der Waals surface area contributed by atoms with Gasteiger partial charge in [0.1, 0.15) is 22.9 Å². The molecule has 1 heterocycles. The molecule has 3 N–H and O–H groups in total. The number of ether oxygens (including phenoxy) is 2. The number of nitrogens with two attached hydrogens (primary N) is 1. The maximum Gasteiger partial charge on any atom is 0.355 e. The van der Waals surface area contributed by atoms with E-state index in [1.165, 1.54) is 13.0 Å². The van der Waals surface area contributed by atoms with Gasteiger partial charge in [0, 0.05) is 0 Å². The van der Waals surface area contributed by atoms with E-state index >= 15 is 0 Å². The summed E-state index contributed by atoms with van der Waals surface area (Å²) in [5.74, 6) is -6.29. The number of carboxylic acid groups (broad SMARTS) is 1. The molecule has 0 bridgehead atoms. The predicted molar refractivity (Wildman–Crippen MR) is 118 cm³/mol. The van der Waals surface area contributed by atoms with Crippen molar-refractivity contribution < 1.29 is 33.4 Å². The summed E-state index contributed by atoms with van der Waals surface area (Å²) in [5, 5.41) is 19.8. The molecular formula is C24H20FN3O6. The van der Waals surface area contributed by atoms with Crippen LogP contribution >= 0.6 is 0 Å². The number of aryl methyl sites for hydroxylation is 1. The van der Waals surface area contributed by atoms with E-state index in [1.54, 1.807) is 30.3 Å². The fourth-order valence-electron chi connectivity index (χ4n) is 3.91. The molecule has 0 saturated heterocycles. The topological polar surface area (TPSA) is 143 Å². The second-order valence-electron chi connectivity index (χ2n) is 7.23. The lowest BCUT2D eigenvalue weighted by Gasteiger charge is -2.37. The molecular weight excluding hydrogens is 445 g/mol. The number of aromatic carboxylic acids is 1. The number of carboxylic acids is 1. The van der Waals surface area contributed by atoms with Crippen LogP contribution in [0.4, 0.5) is 10.1 Å². The highest BCUT2D eigenvalue weighted by atomic mass is 19.1. The van der Waals surface area contributed by atoms with Crippen LogP contribution in [0.2, 0.25) is 0 Å². The number of carbonyl (C=O) groups is 3. The molecule has 2 aromatic rings. The molecule has 2 aromatic carbocycles. The van der Waals surface area contributed by atoms with Crippen LogP contribution in [0.25, 0.3) is 0 Å². The second-order valence-corrected chi connectivity index (χ2v) is 7.23. The molecule has 1 aliphatic rings. The number of hydrogen-bond acceptors (Lipinski definition) is 8. The maximum atomic E-state index is 14.7. The van der Waals surface area contributed by atoms with E-state index in [0.29, 0.717) is 5.56 Å². The Morgan fingerprint density at radius 3 is 2.24 bits per heavy atom. The van der Waals surface area contributed by atoms with Crippen molar-refractivity contribution in [2.24, 2.45) is 5.73 Å². The Labute approximate surface area is 194 Å². The first kappa shape index (κ1) is 24.0. The van der Waals surface area contributed by atoms with Crippen LogP contribution in [0.5, 0.6) is 0 Å². The first-order valence-corrected chi connectivity index (χ1v) is 9.87. The molecule has 1 aliphatic heterocycles. The van der Waals surface area contributed by atoms with Crippen molar-refractivity contribution in [2.75, 3.05) is 19.1 Å². The van der Waals surface area contributed by atoms with E-state index in [4.69, 9.17) is 15.2 Å². The van der Waals surface area contributed by atoms with Gasteiger partial charge in [-0.25, -0.2) is 18.8 Å². The Hall–Kier alpha value is -4.65. The summed E-state index contributed by atoms with van der Waals surface area (Å²) in [6.07, 6.45) is 0. The fourth-order valence-corrected chi connectivity index (χ4v) is 3.91. The molecule has 0 fully saturated rings. The highest BCUT2D eigenvalue weighted by molar-refractivity contribution is 6.08. The number of allylic oxidation sites excluding steroid dienone is 1. The van der Waals surface area contributed by atoms with Crippen molar-refractivity contribution in [1.82, 2.24) is 0 Å². The van der Waals surface area contributed by atoms with Crippen LogP contribution in [0.1, 0.15) is 27.4 Å². The van der Waals surface area contributed by atoms with E-state index in [1.807, 2.05) is 6.07 Å². The Balaban J connectivity index is 2.54. The molecule has 174 valence electrons. The first-order valence-electron chi connectivity index (χ1n) is 9.87. The minimum Gasteiger partial charge on any atom is -0.478 e. The van der Waals surface area contributed by atoms with E-state index in [2.05, 4.69) is 0 Å². The number of halogens is 1. The van der Waals surface area contributed by atoms with Gasteiger partial charge < -0.3 is 20.3 Å². The summed E-state index contributed by atoms with van der Waals surface area (Å²) in [6, 6.07) is 12.5. The molecule has 1 atom stereocenters. The van der Waals surface area contributed by atoms with Gasteiger partial charge in [-0.3, -0.25) is 4.90 Å². The summed E-state index contributed by atoms with van der Waals surface area (Å²) < 4.78 is 24.5. The van der Waals surface area contributed by atoms with Crippen molar-refractivity contribution in [3.05, 3.63) is 87.6 Å². The van der Waals surface area contributed by atoms with Crippen LogP contribution < -0.4 is 10.6 Å². The number of rotatable bonds is 5. The van der Waals surface area contributed by atoms with Gasteiger partial charge in [0.2, 0.25) is 0 Å². The Kier molecular flexibility index (Phi) is 6.68. The molecule has 0 spiro atoms. The van der Waals surface area contributed by atoms with Gasteiger partial charge in [-0.2, -0.15) is 5.26 Å². The number of methoxy groups -OCH3 is 2. The van der Waals surface area contributed by atoms with Crippen molar-refractivity contribution in [1.29, 1.82) is 5.26 Å². The molecule has 0 radical (unpaired) electrons. The maximum absolute atomic E-state index is 14.7. The average molecular weight is 465 g/mol. The van der Waals surface area contributed by atoms with Crippen LogP contribution in [-0.4, -0.2) is 37.2 Å². The van der Waals surface area contributed by atoms with E-state index in [9.17, 15) is 29.1 Å². The summed E-state index contributed by atoms with van der Waals surface area (Å²) in [5.41, 5.74) is 4.89. The number of hydrogen-bond donors (Lipinski definition) is 2. The quantitative estimate of drug-likeness (QED) is 0.637. The molecule has 9 nitrogen and oxygen atoms in total. The molecule has 0 saturated carbocycles. The summed E-state index contributed by atoms with van der Waals surface area (Å²) in [4.78, 5) is 38.9. The highest BCUT2D eigenvalue weighted by Crippen LogP contribution is 2.45.